The van der Waals surface area contributed by atoms with Crippen molar-refractivity contribution < 1.29 is 18.8 Å². The van der Waals surface area contributed by atoms with E-state index >= 15 is 0 Å². The molecule has 1 aromatic rings. The summed E-state index contributed by atoms with van der Waals surface area (Å²) in [4.78, 5) is 18.3. The van der Waals surface area contributed by atoms with E-state index in [9.17, 15) is 4.79 Å². The predicted molar refractivity (Wildman–Crippen MR) is 74.6 cm³/mol. The van der Waals surface area contributed by atoms with Crippen LogP contribution in [-0.2, 0) is 27.2 Å². The van der Waals surface area contributed by atoms with E-state index in [1.807, 2.05) is 6.92 Å². The fourth-order valence-electron chi connectivity index (χ4n) is 2.43. The minimum atomic E-state index is -0.730. The second-order valence-electron chi connectivity index (χ2n) is 5.54. The predicted octanol–water partition coefficient (Wildman–Crippen LogP) is 1.18. The molecule has 0 unspecified atom stereocenters. The standard InChI is InChI=1S/C14H23N3O4/c1-14(7-4-5-8-20-14)13(18)17(2)10-12-15-11(16-21-12)6-9-19-3/h4-10H2,1-3H3/t14-/m1/s1. The number of carbonyl (C=O) groups is 1. The van der Waals surface area contributed by atoms with E-state index in [1.165, 1.54) is 0 Å². The zero-order valence-electron chi connectivity index (χ0n) is 12.9. The van der Waals surface area contributed by atoms with E-state index in [1.54, 1.807) is 19.1 Å². The van der Waals surface area contributed by atoms with Crippen molar-refractivity contribution in [2.45, 2.75) is 44.8 Å². The Hall–Kier alpha value is -1.47. The lowest BCUT2D eigenvalue weighted by molar-refractivity contribution is -0.161. The first-order valence-corrected chi connectivity index (χ1v) is 7.25. The second-order valence-corrected chi connectivity index (χ2v) is 5.54. The van der Waals surface area contributed by atoms with Crippen molar-refractivity contribution in [3.63, 3.8) is 0 Å². The van der Waals surface area contributed by atoms with E-state index in [0.29, 0.717) is 31.3 Å². The minimum absolute atomic E-state index is 0.0427. The van der Waals surface area contributed by atoms with Gasteiger partial charge in [-0.05, 0) is 26.2 Å². The van der Waals surface area contributed by atoms with E-state index in [0.717, 1.165) is 19.3 Å². The Morgan fingerprint density at radius 1 is 1.48 bits per heavy atom. The van der Waals surface area contributed by atoms with Gasteiger partial charge in [0.1, 0.15) is 5.60 Å². The van der Waals surface area contributed by atoms with Crippen LogP contribution in [0.4, 0.5) is 0 Å². The molecule has 0 saturated carbocycles. The van der Waals surface area contributed by atoms with Crippen LogP contribution in [0.15, 0.2) is 4.52 Å². The van der Waals surface area contributed by atoms with Gasteiger partial charge >= 0.3 is 0 Å². The summed E-state index contributed by atoms with van der Waals surface area (Å²) in [5.74, 6) is 0.975. The molecule has 1 fully saturated rings. The average molecular weight is 297 g/mol. The molecule has 0 aliphatic carbocycles. The molecule has 118 valence electrons. The number of amides is 1. The van der Waals surface area contributed by atoms with Gasteiger partial charge in [0.15, 0.2) is 5.82 Å². The Kier molecular flexibility index (Phi) is 5.30. The van der Waals surface area contributed by atoms with Gasteiger partial charge in [-0.25, -0.2) is 0 Å². The van der Waals surface area contributed by atoms with E-state index in [2.05, 4.69) is 10.1 Å². The third-order valence-corrected chi connectivity index (χ3v) is 3.68. The minimum Gasteiger partial charge on any atom is -0.384 e. The molecule has 1 atom stereocenters. The highest BCUT2D eigenvalue weighted by molar-refractivity contribution is 5.84. The molecule has 1 saturated heterocycles. The molecule has 0 N–H and O–H groups in total. The maximum atomic E-state index is 12.5. The first-order chi connectivity index (χ1) is 10.0. The van der Waals surface area contributed by atoms with Crippen molar-refractivity contribution in [1.29, 1.82) is 0 Å². The van der Waals surface area contributed by atoms with Crippen molar-refractivity contribution in [2.24, 2.45) is 0 Å². The summed E-state index contributed by atoms with van der Waals surface area (Å²) >= 11 is 0. The summed E-state index contributed by atoms with van der Waals surface area (Å²) < 4.78 is 15.8. The highest BCUT2D eigenvalue weighted by atomic mass is 16.5. The number of nitrogens with zero attached hydrogens (tertiary/aromatic N) is 3. The second kappa shape index (κ2) is 7.00. The van der Waals surface area contributed by atoms with Gasteiger partial charge < -0.3 is 18.9 Å². The summed E-state index contributed by atoms with van der Waals surface area (Å²) in [6.45, 7) is 3.32. The third-order valence-electron chi connectivity index (χ3n) is 3.68. The zero-order valence-corrected chi connectivity index (χ0v) is 12.9. The molecular weight excluding hydrogens is 274 g/mol. The first kappa shape index (κ1) is 15.9. The third kappa shape index (κ3) is 4.01. The molecule has 21 heavy (non-hydrogen) atoms. The lowest BCUT2D eigenvalue weighted by Crippen LogP contribution is -2.48. The topological polar surface area (TPSA) is 77.7 Å². The Balaban J connectivity index is 1.92. The average Bonchev–Trinajstić information content (AvgIpc) is 2.92. The van der Waals surface area contributed by atoms with E-state index in [-0.39, 0.29) is 12.5 Å². The van der Waals surface area contributed by atoms with Gasteiger partial charge in [0, 0.05) is 27.2 Å². The Bertz CT molecular complexity index is 469. The van der Waals surface area contributed by atoms with Crippen LogP contribution in [-0.4, -0.2) is 53.9 Å². The number of hydrogen-bond donors (Lipinski definition) is 0. The summed E-state index contributed by atoms with van der Waals surface area (Å²) in [5, 5.41) is 3.86. The van der Waals surface area contributed by atoms with Crippen LogP contribution >= 0.6 is 0 Å². The van der Waals surface area contributed by atoms with E-state index in [4.69, 9.17) is 14.0 Å². The molecule has 1 aromatic heterocycles. The smallest absolute Gasteiger partial charge is 0.254 e. The van der Waals surface area contributed by atoms with Crippen molar-refractivity contribution in [3.8, 4) is 0 Å². The number of hydrogen-bond acceptors (Lipinski definition) is 6. The molecule has 0 radical (unpaired) electrons. The summed E-state index contributed by atoms with van der Waals surface area (Å²) in [6.07, 6.45) is 3.37. The molecule has 2 rings (SSSR count). The van der Waals surface area contributed by atoms with Crippen LogP contribution in [0, 0.1) is 0 Å². The van der Waals surface area contributed by atoms with E-state index < -0.39 is 5.60 Å². The normalized spacial score (nSPS) is 22.2. The number of likely N-dealkylation sites (N-methyl/N-ethyl adjacent to an activating group) is 1. The molecule has 1 amide bonds. The molecule has 0 spiro atoms. The zero-order chi connectivity index (χ0) is 15.3. The van der Waals surface area contributed by atoms with Crippen molar-refractivity contribution in [2.75, 3.05) is 27.4 Å². The highest BCUT2D eigenvalue weighted by Crippen LogP contribution is 2.26. The maximum Gasteiger partial charge on any atom is 0.254 e. The Morgan fingerprint density at radius 2 is 2.29 bits per heavy atom. The number of aromatic nitrogens is 2. The summed E-state index contributed by atoms with van der Waals surface area (Å²) in [6, 6.07) is 0. The largest absolute Gasteiger partial charge is 0.384 e. The lowest BCUT2D eigenvalue weighted by atomic mass is 9.94. The highest BCUT2D eigenvalue weighted by Gasteiger charge is 2.38. The van der Waals surface area contributed by atoms with Gasteiger partial charge in [-0.2, -0.15) is 4.98 Å². The molecular formula is C14H23N3O4. The number of methoxy groups -OCH3 is 1. The van der Waals surface area contributed by atoms with Crippen molar-refractivity contribution in [1.82, 2.24) is 15.0 Å². The Morgan fingerprint density at radius 3 is 2.95 bits per heavy atom. The number of rotatable bonds is 6. The molecule has 0 bridgehead atoms. The Labute approximate surface area is 124 Å². The molecule has 7 nitrogen and oxygen atoms in total. The van der Waals surface area contributed by atoms with Gasteiger partial charge in [0.2, 0.25) is 5.89 Å². The first-order valence-electron chi connectivity index (χ1n) is 7.25. The van der Waals surface area contributed by atoms with Gasteiger partial charge in [-0.3, -0.25) is 4.79 Å². The molecule has 0 aromatic carbocycles. The maximum absolute atomic E-state index is 12.5. The molecule has 2 heterocycles. The van der Waals surface area contributed by atoms with Gasteiger partial charge in [0.25, 0.3) is 5.91 Å². The number of ether oxygens (including phenoxy) is 2. The van der Waals surface area contributed by atoms with Crippen LogP contribution in [0.3, 0.4) is 0 Å². The number of carbonyl (C=O) groups excluding carboxylic acids is 1. The molecule has 1 aliphatic heterocycles. The van der Waals surface area contributed by atoms with Gasteiger partial charge in [0.05, 0.1) is 13.2 Å². The van der Waals surface area contributed by atoms with Crippen LogP contribution in [0.1, 0.15) is 37.9 Å². The fourth-order valence-corrected chi connectivity index (χ4v) is 2.43. The van der Waals surface area contributed by atoms with Crippen molar-refractivity contribution in [3.05, 3.63) is 11.7 Å². The fraction of sp³-hybridized carbons (Fsp3) is 0.786. The van der Waals surface area contributed by atoms with Crippen LogP contribution < -0.4 is 0 Å². The lowest BCUT2D eigenvalue weighted by Gasteiger charge is -2.35. The SMILES string of the molecule is COCCc1noc(CN(C)C(=O)[C@@]2(C)CCCCO2)n1. The molecule has 7 heteroatoms. The molecule has 1 aliphatic rings. The summed E-state index contributed by atoms with van der Waals surface area (Å²) in [7, 11) is 3.35. The van der Waals surface area contributed by atoms with Gasteiger partial charge in [-0.15, -0.1) is 0 Å². The van der Waals surface area contributed by atoms with Gasteiger partial charge in [-0.1, -0.05) is 5.16 Å². The summed E-state index contributed by atoms with van der Waals surface area (Å²) in [5.41, 5.74) is -0.730. The van der Waals surface area contributed by atoms with Crippen LogP contribution in [0.5, 0.6) is 0 Å². The van der Waals surface area contributed by atoms with Crippen molar-refractivity contribution >= 4 is 5.91 Å². The van der Waals surface area contributed by atoms with Crippen LogP contribution in [0.25, 0.3) is 0 Å². The monoisotopic (exact) mass is 297 g/mol. The van der Waals surface area contributed by atoms with Crippen LogP contribution in [0.2, 0.25) is 0 Å². The quantitative estimate of drug-likeness (QED) is 0.784.